The Bertz CT molecular complexity index is 1110. The van der Waals surface area contributed by atoms with Gasteiger partial charge in [-0.05, 0) is 42.6 Å². The summed E-state index contributed by atoms with van der Waals surface area (Å²) in [6.07, 6.45) is 0. The van der Waals surface area contributed by atoms with Crippen molar-refractivity contribution in [3.8, 4) is 0 Å². The van der Waals surface area contributed by atoms with Crippen LogP contribution in [0.15, 0.2) is 71.7 Å². The molecule has 0 radical (unpaired) electrons. The lowest BCUT2D eigenvalue weighted by molar-refractivity contribution is -0.120. The maximum Gasteiger partial charge on any atom is 0.282 e. The van der Waals surface area contributed by atoms with Crippen LogP contribution in [0.1, 0.15) is 11.8 Å². The molecular formula is C22H16F2N2O2S. The monoisotopic (exact) mass is 410 g/mol. The standard InChI is InChI=1S/C22H16F2N2O2S/c1-2-25(15-7-4-3-5-8-15)20-19(18-9-6-12-29-18)21(27)26(22(20)28)17-11-10-14(23)13-16(17)24/h3-13H,2H2,1H3. The first-order valence-electron chi connectivity index (χ1n) is 8.97. The van der Waals surface area contributed by atoms with E-state index in [4.69, 9.17) is 0 Å². The summed E-state index contributed by atoms with van der Waals surface area (Å²) in [5.41, 5.74) is 0.852. The Morgan fingerprint density at radius 2 is 1.72 bits per heavy atom. The number of amides is 2. The Morgan fingerprint density at radius 3 is 2.34 bits per heavy atom. The number of rotatable bonds is 5. The predicted molar refractivity (Wildman–Crippen MR) is 110 cm³/mol. The maximum absolute atomic E-state index is 14.4. The minimum atomic E-state index is -0.971. The van der Waals surface area contributed by atoms with Gasteiger partial charge in [0.1, 0.15) is 17.3 Å². The molecule has 0 bridgehead atoms. The van der Waals surface area contributed by atoms with Crippen molar-refractivity contribution in [3.05, 3.63) is 88.3 Å². The van der Waals surface area contributed by atoms with Crippen LogP contribution >= 0.6 is 11.3 Å². The molecule has 0 spiro atoms. The number of carbonyl (C=O) groups excluding carboxylic acids is 2. The average molecular weight is 410 g/mol. The van der Waals surface area contributed by atoms with Gasteiger partial charge in [0.05, 0.1) is 11.3 Å². The zero-order chi connectivity index (χ0) is 20.5. The molecule has 7 heteroatoms. The molecule has 0 fully saturated rings. The van der Waals surface area contributed by atoms with E-state index in [-0.39, 0.29) is 17.0 Å². The van der Waals surface area contributed by atoms with Gasteiger partial charge in [0.25, 0.3) is 11.8 Å². The fourth-order valence-corrected chi connectivity index (χ4v) is 4.13. The van der Waals surface area contributed by atoms with Gasteiger partial charge in [-0.15, -0.1) is 11.3 Å². The zero-order valence-electron chi connectivity index (χ0n) is 15.4. The summed E-state index contributed by atoms with van der Waals surface area (Å²) in [4.78, 5) is 29.8. The summed E-state index contributed by atoms with van der Waals surface area (Å²) in [7, 11) is 0. The minimum absolute atomic E-state index is 0.176. The number of imide groups is 1. The first-order chi connectivity index (χ1) is 14.0. The molecule has 0 N–H and O–H groups in total. The Balaban J connectivity index is 1.90. The summed E-state index contributed by atoms with van der Waals surface area (Å²) in [5.74, 6) is -3.03. The fraction of sp³-hybridized carbons (Fsp3) is 0.0909. The summed E-state index contributed by atoms with van der Waals surface area (Å²) in [5, 5.41) is 1.80. The van der Waals surface area contributed by atoms with E-state index < -0.39 is 23.4 Å². The average Bonchev–Trinajstić information content (AvgIpc) is 3.32. The van der Waals surface area contributed by atoms with Crippen LogP contribution in [0, 0.1) is 11.6 Å². The molecule has 3 aromatic rings. The van der Waals surface area contributed by atoms with E-state index in [0.29, 0.717) is 17.5 Å². The van der Waals surface area contributed by atoms with Crippen molar-refractivity contribution in [2.24, 2.45) is 0 Å². The summed E-state index contributed by atoms with van der Waals surface area (Å²) in [6.45, 7) is 2.29. The fourth-order valence-electron chi connectivity index (χ4n) is 3.37. The number of thiophene rings is 1. The van der Waals surface area contributed by atoms with Gasteiger partial charge < -0.3 is 4.90 Å². The Morgan fingerprint density at radius 1 is 0.966 bits per heavy atom. The number of anilines is 2. The lowest BCUT2D eigenvalue weighted by Gasteiger charge is -2.24. The second-order valence-corrected chi connectivity index (χ2v) is 7.27. The van der Waals surface area contributed by atoms with Gasteiger partial charge in [-0.1, -0.05) is 24.3 Å². The quantitative estimate of drug-likeness (QED) is 0.566. The van der Waals surface area contributed by atoms with Crippen molar-refractivity contribution in [3.63, 3.8) is 0 Å². The first kappa shape index (κ1) is 19.0. The smallest absolute Gasteiger partial charge is 0.282 e. The van der Waals surface area contributed by atoms with Crippen LogP contribution in [-0.2, 0) is 9.59 Å². The van der Waals surface area contributed by atoms with Crippen LogP contribution in [-0.4, -0.2) is 18.4 Å². The van der Waals surface area contributed by atoms with Crippen LogP contribution in [0.3, 0.4) is 0 Å². The number of hydrogen-bond donors (Lipinski definition) is 0. The van der Waals surface area contributed by atoms with Crippen molar-refractivity contribution in [1.82, 2.24) is 0 Å². The number of halogens is 2. The molecular weight excluding hydrogens is 394 g/mol. The molecule has 4 rings (SSSR count). The molecule has 4 nitrogen and oxygen atoms in total. The third-order valence-corrected chi connectivity index (χ3v) is 5.52. The van der Waals surface area contributed by atoms with Crippen molar-refractivity contribution >= 4 is 40.1 Å². The summed E-state index contributed by atoms with van der Waals surface area (Å²) < 4.78 is 27.8. The highest BCUT2D eigenvalue weighted by molar-refractivity contribution is 7.11. The van der Waals surface area contributed by atoms with E-state index >= 15 is 0 Å². The normalized spacial score (nSPS) is 14.1. The number of para-hydroxylation sites is 1. The number of hydrogen-bond acceptors (Lipinski definition) is 4. The number of likely N-dealkylation sites (N-methyl/N-ethyl adjacent to an activating group) is 1. The highest BCUT2D eigenvalue weighted by Crippen LogP contribution is 2.38. The third kappa shape index (κ3) is 3.23. The molecule has 0 unspecified atom stereocenters. The van der Waals surface area contributed by atoms with Crippen LogP contribution in [0.5, 0.6) is 0 Å². The van der Waals surface area contributed by atoms with Gasteiger partial charge in [-0.25, -0.2) is 13.7 Å². The molecule has 2 aromatic carbocycles. The highest BCUT2D eigenvalue weighted by atomic mass is 32.1. The van der Waals surface area contributed by atoms with Crippen LogP contribution < -0.4 is 9.80 Å². The van der Waals surface area contributed by atoms with E-state index in [0.717, 1.165) is 22.7 Å². The van der Waals surface area contributed by atoms with E-state index in [1.807, 2.05) is 37.3 Å². The highest BCUT2D eigenvalue weighted by Gasteiger charge is 2.43. The molecule has 146 valence electrons. The van der Waals surface area contributed by atoms with Gasteiger partial charge in [0, 0.05) is 23.2 Å². The van der Waals surface area contributed by atoms with Crippen molar-refractivity contribution in [2.75, 3.05) is 16.3 Å². The molecule has 2 amide bonds. The van der Waals surface area contributed by atoms with E-state index in [2.05, 4.69) is 0 Å². The molecule has 0 saturated heterocycles. The van der Waals surface area contributed by atoms with Crippen molar-refractivity contribution in [1.29, 1.82) is 0 Å². The zero-order valence-corrected chi connectivity index (χ0v) is 16.2. The molecule has 1 aliphatic heterocycles. The van der Waals surface area contributed by atoms with Gasteiger partial charge in [0.2, 0.25) is 0 Å². The minimum Gasteiger partial charge on any atom is -0.337 e. The van der Waals surface area contributed by atoms with Crippen LogP contribution in [0.4, 0.5) is 20.2 Å². The molecule has 1 aromatic heterocycles. The first-order valence-corrected chi connectivity index (χ1v) is 9.85. The topological polar surface area (TPSA) is 40.6 Å². The molecule has 0 saturated carbocycles. The second kappa shape index (κ2) is 7.60. The second-order valence-electron chi connectivity index (χ2n) is 6.32. The van der Waals surface area contributed by atoms with Gasteiger partial charge in [-0.2, -0.15) is 0 Å². The largest absolute Gasteiger partial charge is 0.337 e. The summed E-state index contributed by atoms with van der Waals surface area (Å²) in [6, 6.07) is 15.5. The number of benzene rings is 2. The van der Waals surface area contributed by atoms with Gasteiger partial charge in [-0.3, -0.25) is 9.59 Å². The van der Waals surface area contributed by atoms with Gasteiger partial charge in [0.15, 0.2) is 0 Å². The third-order valence-electron chi connectivity index (χ3n) is 4.63. The van der Waals surface area contributed by atoms with Crippen LogP contribution in [0.25, 0.3) is 5.57 Å². The maximum atomic E-state index is 14.4. The Labute approximate surface area is 170 Å². The molecule has 2 heterocycles. The molecule has 1 aliphatic rings. The van der Waals surface area contributed by atoms with Crippen molar-refractivity contribution in [2.45, 2.75) is 6.92 Å². The number of nitrogens with zero attached hydrogens (tertiary/aromatic N) is 2. The lowest BCUT2D eigenvalue weighted by atomic mass is 10.1. The SMILES string of the molecule is CCN(C1=C(c2cccs2)C(=O)N(c2ccc(F)cc2F)C1=O)c1ccccc1. The van der Waals surface area contributed by atoms with E-state index in [1.54, 1.807) is 22.4 Å². The molecule has 0 atom stereocenters. The number of carbonyl (C=O) groups is 2. The van der Waals surface area contributed by atoms with Gasteiger partial charge >= 0.3 is 0 Å². The lowest BCUT2D eigenvalue weighted by Crippen LogP contribution is -2.35. The Hall–Kier alpha value is -3.32. The predicted octanol–water partition coefficient (Wildman–Crippen LogP) is 4.84. The summed E-state index contributed by atoms with van der Waals surface area (Å²) >= 11 is 1.32. The molecule has 29 heavy (non-hydrogen) atoms. The van der Waals surface area contributed by atoms with Crippen molar-refractivity contribution < 1.29 is 18.4 Å². The van der Waals surface area contributed by atoms with E-state index in [9.17, 15) is 18.4 Å². The van der Waals surface area contributed by atoms with Crippen LogP contribution in [0.2, 0.25) is 0 Å². The molecule has 0 aliphatic carbocycles. The Kier molecular flexibility index (Phi) is 4.98. The van der Waals surface area contributed by atoms with E-state index in [1.165, 1.54) is 11.3 Å².